The Morgan fingerprint density at radius 1 is 1.06 bits per heavy atom. The van der Waals surface area contributed by atoms with Crippen molar-refractivity contribution in [3.05, 3.63) is 76.8 Å². The molecule has 164 valence electrons. The van der Waals surface area contributed by atoms with E-state index in [1.54, 1.807) is 37.5 Å². The van der Waals surface area contributed by atoms with E-state index in [1.165, 1.54) is 10.7 Å². The number of carbonyl (C=O) groups excluding carboxylic acids is 1. The van der Waals surface area contributed by atoms with Gasteiger partial charge >= 0.3 is 6.18 Å². The fourth-order valence-corrected chi connectivity index (χ4v) is 3.45. The molecule has 0 fully saturated rings. The first-order chi connectivity index (χ1) is 15.2. The molecule has 4 aromatic rings. The number of hydrogen-bond donors (Lipinski definition) is 0. The molecule has 0 amide bonds. The summed E-state index contributed by atoms with van der Waals surface area (Å²) >= 11 is 0. The van der Waals surface area contributed by atoms with Crippen LogP contribution in [0.15, 0.2) is 65.7 Å². The second-order valence-electron chi connectivity index (χ2n) is 7.50. The maximum Gasteiger partial charge on any atom is 0.389 e. The molecule has 6 nitrogen and oxygen atoms in total. The average Bonchev–Trinajstić information content (AvgIpc) is 3.17. The van der Waals surface area contributed by atoms with Gasteiger partial charge in [-0.1, -0.05) is 18.2 Å². The third-order valence-corrected chi connectivity index (χ3v) is 5.08. The Kier molecular flexibility index (Phi) is 5.65. The Balaban J connectivity index is 1.59. The second kappa shape index (κ2) is 8.41. The molecule has 32 heavy (non-hydrogen) atoms. The number of benzene rings is 1. The number of aryl methyl sites for hydroxylation is 1. The number of ketones is 1. The first-order valence-corrected chi connectivity index (χ1v) is 9.89. The molecule has 0 saturated heterocycles. The maximum atomic E-state index is 12.3. The molecule has 0 aliphatic heterocycles. The van der Waals surface area contributed by atoms with Gasteiger partial charge in [-0.05, 0) is 29.8 Å². The van der Waals surface area contributed by atoms with Crippen molar-refractivity contribution in [2.45, 2.75) is 25.4 Å². The van der Waals surface area contributed by atoms with Crippen LogP contribution in [0.2, 0.25) is 0 Å². The van der Waals surface area contributed by atoms with Crippen LogP contribution in [-0.2, 0) is 18.3 Å². The molecule has 3 aromatic heterocycles. The van der Waals surface area contributed by atoms with E-state index in [1.807, 2.05) is 28.8 Å². The summed E-state index contributed by atoms with van der Waals surface area (Å²) in [5, 5.41) is 4.25. The largest absolute Gasteiger partial charge is 0.389 e. The molecule has 0 unspecified atom stereocenters. The maximum absolute atomic E-state index is 12.3. The summed E-state index contributed by atoms with van der Waals surface area (Å²) in [4.78, 5) is 27.9. The fourth-order valence-electron chi connectivity index (χ4n) is 3.45. The predicted molar refractivity (Wildman–Crippen MR) is 113 cm³/mol. The summed E-state index contributed by atoms with van der Waals surface area (Å²) in [6.45, 7) is 0. The number of hydrogen-bond acceptors (Lipinski definition) is 4. The smallest absolute Gasteiger partial charge is 0.300 e. The summed E-state index contributed by atoms with van der Waals surface area (Å²) in [5.74, 6) is -0.452. The number of imidazole rings is 1. The summed E-state index contributed by atoms with van der Waals surface area (Å²) in [6.07, 6.45) is -2.49. The lowest BCUT2D eigenvalue weighted by Gasteiger charge is -2.08. The van der Waals surface area contributed by atoms with E-state index in [4.69, 9.17) is 0 Å². The van der Waals surface area contributed by atoms with Crippen molar-refractivity contribution in [2.75, 3.05) is 0 Å². The number of alkyl halides is 3. The van der Waals surface area contributed by atoms with Crippen LogP contribution in [0.1, 0.15) is 18.4 Å². The van der Waals surface area contributed by atoms with Crippen molar-refractivity contribution in [3.63, 3.8) is 0 Å². The third kappa shape index (κ3) is 4.77. The van der Waals surface area contributed by atoms with E-state index in [9.17, 15) is 22.8 Å². The van der Waals surface area contributed by atoms with Crippen molar-refractivity contribution >= 4 is 11.4 Å². The van der Waals surface area contributed by atoms with E-state index in [0.29, 0.717) is 16.9 Å². The molecule has 9 heteroatoms. The quantitative estimate of drug-likeness (QED) is 0.450. The highest BCUT2D eigenvalue weighted by atomic mass is 19.4. The van der Waals surface area contributed by atoms with Gasteiger partial charge in [0.2, 0.25) is 0 Å². The summed E-state index contributed by atoms with van der Waals surface area (Å²) in [5.41, 5.74) is 4.13. The zero-order valence-corrected chi connectivity index (χ0v) is 17.1. The molecule has 0 atom stereocenters. The monoisotopic (exact) mass is 440 g/mol. The highest BCUT2D eigenvalue weighted by Gasteiger charge is 2.27. The predicted octanol–water partition coefficient (Wildman–Crippen LogP) is 4.22. The van der Waals surface area contributed by atoms with E-state index < -0.39 is 24.8 Å². The highest BCUT2D eigenvalue weighted by molar-refractivity contribution is 5.81. The molecule has 4 rings (SSSR count). The van der Waals surface area contributed by atoms with Gasteiger partial charge in [0.15, 0.2) is 0 Å². The van der Waals surface area contributed by atoms with Gasteiger partial charge in [0, 0.05) is 43.3 Å². The van der Waals surface area contributed by atoms with Gasteiger partial charge in [0.1, 0.15) is 11.4 Å². The molecule has 0 aliphatic carbocycles. The van der Waals surface area contributed by atoms with Crippen molar-refractivity contribution in [3.8, 4) is 22.5 Å². The Bertz CT molecular complexity index is 1360. The van der Waals surface area contributed by atoms with E-state index in [0.717, 1.165) is 16.8 Å². The molecular formula is C23H19F3N4O2. The Hall–Kier alpha value is -3.75. The van der Waals surface area contributed by atoms with Crippen molar-refractivity contribution < 1.29 is 18.0 Å². The van der Waals surface area contributed by atoms with Gasteiger partial charge in [-0.2, -0.15) is 18.3 Å². The topological polar surface area (TPSA) is 69.3 Å². The average molecular weight is 440 g/mol. The molecule has 3 heterocycles. The van der Waals surface area contributed by atoms with E-state index in [-0.39, 0.29) is 12.0 Å². The molecule has 0 saturated carbocycles. The summed E-state index contributed by atoms with van der Waals surface area (Å²) in [6, 6.07) is 13.9. The lowest BCUT2D eigenvalue weighted by Crippen LogP contribution is -2.18. The molecule has 0 aliphatic rings. The standard InChI is InChI=1S/C23H19F3N4O2/c1-29-22(32)6-5-19(28-29)16-8-10-30-20(14-27-21(30)13-16)17-4-2-3-15(11-17)12-18(31)7-9-23(24,25)26/h2-6,8,10-11,13-14H,7,9,12H2,1H3. The Morgan fingerprint density at radius 2 is 1.88 bits per heavy atom. The number of fused-ring (bicyclic) bond motifs is 1. The zero-order valence-electron chi connectivity index (χ0n) is 17.1. The summed E-state index contributed by atoms with van der Waals surface area (Å²) in [7, 11) is 1.58. The van der Waals surface area contributed by atoms with Gasteiger partial charge in [-0.3, -0.25) is 14.0 Å². The number of Topliss-reactive ketones (excluding diaryl/α,β-unsaturated/α-hetero) is 1. The van der Waals surface area contributed by atoms with Gasteiger partial charge < -0.3 is 0 Å². The van der Waals surface area contributed by atoms with Crippen LogP contribution in [0.25, 0.3) is 28.2 Å². The number of nitrogens with zero attached hydrogens (tertiary/aromatic N) is 4. The van der Waals surface area contributed by atoms with Crippen LogP contribution < -0.4 is 5.56 Å². The highest BCUT2D eigenvalue weighted by Crippen LogP contribution is 2.26. The molecule has 0 N–H and O–H groups in total. The normalized spacial score (nSPS) is 11.8. The number of halogens is 3. The minimum atomic E-state index is -4.34. The molecule has 0 radical (unpaired) electrons. The SMILES string of the molecule is Cn1nc(-c2ccn3c(-c4cccc(CC(=O)CCC(F)(F)F)c4)cnc3c2)ccc1=O. The van der Waals surface area contributed by atoms with Gasteiger partial charge in [-0.25, -0.2) is 9.67 Å². The number of rotatable bonds is 6. The number of pyridine rings is 1. The third-order valence-electron chi connectivity index (χ3n) is 5.08. The van der Waals surface area contributed by atoms with Crippen molar-refractivity contribution in [1.29, 1.82) is 0 Å². The lowest BCUT2D eigenvalue weighted by molar-refractivity contribution is -0.143. The second-order valence-corrected chi connectivity index (χ2v) is 7.50. The minimum Gasteiger partial charge on any atom is -0.300 e. The van der Waals surface area contributed by atoms with Gasteiger partial charge in [0.05, 0.1) is 24.0 Å². The Morgan fingerprint density at radius 3 is 2.62 bits per heavy atom. The molecule has 0 spiro atoms. The minimum absolute atomic E-state index is 0.0524. The van der Waals surface area contributed by atoms with Crippen LogP contribution in [-0.4, -0.2) is 31.1 Å². The first kappa shape index (κ1) is 21.5. The van der Waals surface area contributed by atoms with Crippen LogP contribution in [0.3, 0.4) is 0 Å². The lowest BCUT2D eigenvalue weighted by atomic mass is 10.0. The van der Waals surface area contributed by atoms with Crippen molar-refractivity contribution in [2.24, 2.45) is 7.05 Å². The van der Waals surface area contributed by atoms with Gasteiger partial charge in [-0.15, -0.1) is 0 Å². The summed E-state index contributed by atoms with van der Waals surface area (Å²) < 4.78 is 40.2. The Labute approximate surface area is 181 Å². The zero-order chi connectivity index (χ0) is 22.9. The number of aromatic nitrogens is 4. The van der Waals surface area contributed by atoms with E-state index in [2.05, 4.69) is 10.1 Å². The van der Waals surface area contributed by atoms with Crippen LogP contribution in [0, 0.1) is 0 Å². The van der Waals surface area contributed by atoms with Crippen LogP contribution in [0.4, 0.5) is 13.2 Å². The number of carbonyl (C=O) groups is 1. The molecule has 0 bridgehead atoms. The molecule has 1 aromatic carbocycles. The van der Waals surface area contributed by atoms with Crippen LogP contribution in [0.5, 0.6) is 0 Å². The van der Waals surface area contributed by atoms with E-state index >= 15 is 0 Å². The molecular weight excluding hydrogens is 421 g/mol. The van der Waals surface area contributed by atoms with Crippen LogP contribution >= 0.6 is 0 Å². The van der Waals surface area contributed by atoms with Crippen molar-refractivity contribution in [1.82, 2.24) is 19.2 Å². The first-order valence-electron chi connectivity index (χ1n) is 9.89. The fraction of sp³-hybridized carbons (Fsp3) is 0.217. The van der Waals surface area contributed by atoms with Gasteiger partial charge in [0.25, 0.3) is 5.56 Å².